The molecule has 1 amide bonds. The molecule has 0 bridgehead atoms. The third-order valence-electron chi connectivity index (χ3n) is 4.98. The maximum absolute atomic E-state index is 13.1. The Balaban J connectivity index is 2.17. The van der Waals surface area contributed by atoms with Gasteiger partial charge in [0.15, 0.2) is 0 Å². The molecule has 4 unspecified atom stereocenters. The summed E-state index contributed by atoms with van der Waals surface area (Å²) in [5, 5.41) is 11.6. The summed E-state index contributed by atoms with van der Waals surface area (Å²) in [6.07, 6.45) is -2.77. The van der Waals surface area contributed by atoms with Gasteiger partial charge in [-0.15, -0.1) is 0 Å². The molecule has 4 N–H and O–H groups in total. The van der Waals surface area contributed by atoms with Crippen LogP contribution in [0.4, 0.5) is 4.79 Å². The number of amides is 1. The van der Waals surface area contributed by atoms with Crippen molar-refractivity contribution in [3.63, 3.8) is 0 Å². The van der Waals surface area contributed by atoms with E-state index in [1.54, 1.807) is 12.1 Å². The molecule has 2 aromatic rings. The molecule has 0 heterocycles. The lowest BCUT2D eigenvalue weighted by molar-refractivity contribution is -0.244. The van der Waals surface area contributed by atoms with Crippen molar-refractivity contribution in [1.29, 1.82) is 0 Å². The van der Waals surface area contributed by atoms with Crippen molar-refractivity contribution >= 4 is 25.6 Å². The van der Waals surface area contributed by atoms with E-state index < -0.39 is 50.0 Å². The number of hydrogen-bond acceptors (Lipinski definition) is 11. The summed E-state index contributed by atoms with van der Waals surface area (Å²) in [5.41, 5.74) is 8.19. The highest BCUT2D eigenvalue weighted by Crippen LogP contribution is 2.49. The molecule has 0 aliphatic heterocycles. The molecule has 12 nitrogen and oxygen atoms in total. The lowest BCUT2D eigenvalue weighted by Crippen LogP contribution is -2.44. The summed E-state index contributed by atoms with van der Waals surface area (Å²) in [6, 6.07) is 15.7. The number of nitrogens with one attached hydrogen (secondary N) is 1. The van der Waals surface area contributed by atoms with Gasteiger partial charge in [-0.2, -0.15) is 9.47 Å². The van der Waals surface area contributed by atoms with E-state index in [0.717, 1.165) is 11.1 Å². The maximum atomic E-state index is 13.1. The zero-order chi connectivity index (χ0) is 27.4. The second-order valence-electron chi connectivity index (χ2n) is 8.05. The first-order chi connectivity index (χ1) is 17.6. The van der Waals surface area contributed by atoms with E-state index in [0.29, 0.717) is 5.56 Å². The zero-order valence-electron chi connectivity index (χ0n) is 20.7. The molecule has 0 aliphatic rings. The van der Waals surface area contributed by atoms with Crippen LogP contribution in [0.5, 0.6) is 0 Å². The summed E-state index contributed by atoms with van der Waals surface area (Å²) < 4.78 is 26.5. The quantitative estimate of drug-likeness (QED) is 0.118. The van der Waals surface area contributed by atoms with Gasteiger partial charge < -0.3 is 15.8 Å². The van der Waals surface area contributed by atoms with Gasteiger partial charge in [-0.25, -0.2) is 19.8 Å². The van der Waals surface area contributed by atoms with E-state index in [2.05, 4.69) is 24.5 Å². The first-order valence-corrected chi connectivity index (χ1v) is 13.2. The number of nitrogens with two attached hydrogens (primary N) is 1. The van der Waals surface area contributed by atoms with Gasteiger partial charge in [0.25, 0.3) is 0 Å². The van der Waals surface area contributed by atoms with Crippen LogP contribution >= 0.6 is 7.60 Å². The Kier molecular flexibility index (Phi) is 11.7. The van der Waals surface area contributed by atoms with Crippen LogP contribution in [0.2, 0.25) is 0 Å². The third kappa shape index (κ3) is 9.95. The first kappa shape index (κ1) is 29.9. The molecule has 0 fully saturated rings. The number of rotatable bonds is 12. The van der Waals surface area contributed by atoms with E-state index in [1.807, 2.05) is 42.5 Å². The summed E-state index contributed by atoms with van der Waals surface area (Å²) in [7, 11) is -4.19. The predicted molar refractivity (Wildman–Crippen MR) is 132 cm³/mol. The van der Waals surface area contributed by atoms with Gasteiger partial charge in [-0.3, -0.25) is 13.9 Å². The van der Waals surface area contributed by atoms with Gasteiger partial charge in [0.2, 0.25) is 5.91 Å². The largest absolute Gasteiger partial charge is 0.549 e. The Morgan fingerprint density at radius 3 is 2.19 bits per heavy atom. The van der Waals surface area contributed by atoms with Crippen LogP contribution in [0, 0.1) is 5.92 Å². The molecule has 4 atom stereocenters. The normalized spacial score (nSPS) is 14.9. The molecule has 0 aliphatic carbocycles. The maximum Gasteiger partial charge on any atom is 0.549 e. The molecule has 2 rings (SSSR count). The minimum absolute atomic E-state index is 0.00710. The fourth-order valence-electron chi connectivity index (χ4n) is 3.29. The summed E-state index contributed by atoms with van der Waals surface area (Å²) in [5.74, 6) is -2.89. The molecule has 13 heteroatoms. The smallest absolute Gasteiger partial charge is 0.432 e. The highest BCUT2D eigenvalue weighted by atomic mass is 31.2. The number of ether oxygens (including phenoxy) is 1. The molecular weight excluding hydrogens is 507 g/mol. The molecule has 0 radical (unpaired) electrons. The first-order valence-electron chi connectivity index (χ1n) is 11.4. The average molecular weight is 538 g/mol. The predicted octanol–water partition coefficient (Wildman–Crippen LogP) is 3.65. The lowest BCUT2D eigenvalue weighted by Gasteiger charge is -2.23. The van der Waals surface area contributed by atoms with Crippen LogP contribution in [0.25, 0.3) is 11.1 Å². The van der Waals surface area contributed by atoms with E-state index >= 15 is 0 Å². The van der Waals surface area contributed by atoms with Crippen molar-refractivity contribution in [2.24, 2.45) is 11.7 Å². The van der Waals surface area contributed by atoms with Gasteiger partial charge in [0.05, 0.1) is 18.7 Å². The minimum Gasteiger partial charge on any atom is -0.432 e. The number of benzene rings is 2. The van der Waals surface area contributed by atoms with Crippen LogP contribution in [0.3, 0.4) is 0 Å². The molecule has 37 heavy (non-hydrogen) atoms. The Hall–Kier alpha value is -3.28. The fourth-order valence-corrected chi connectivity index (χ4v) is 4.82. The number of hydrogen-bond donors (Lipinski definition) is 3. The van der Waals surface area contributed by atoms with Crippen molar-refractivity contribution in [3.05, 3.63) is 60.2 Å². The SMILES string of the molecule is CCOC(=O)OOC(=O)C(C)NC(=O)C(Cc1ccc(-c2ccccc2)cc1)CP(=O)(OO)OC(C)N. The van der Waals surface area contributed by atoms with Gasteiger partial charge in [0.1, 0.15) is 12.3 Å². The van der Waals surface area contributed by atoms with Crippen molar-refractivity contribution in [2.75, 3.05) is 12.8 Å². The second-order valence-corrected chi connectivity index (χ2v) is 10.0. The number of carbonyl (C=O) groups is 3. The molecule has 0 aromatic heterocycles. The molecule has 2 aromatic carbocycles. The van der Waals surface area contributed by atoms with Gasteiger partial charge in [-0.1, -0.05) is 54.6 Å². The lowest BCUT2D eigenvalue weighted by atomic mass is 9.97. The van der Waals surface area contributed by atoms with Gasteiger partial charge in [-0.05, 0) is 43.9 Å². The zero-order valence-corrected chi connectivity index (χ0v) is 21.6. The van der Waals surface area contributed by atoms with E-state index in [4.69, 9.17) is 10.3 Å². The van der Waals surface area contributed by atoms with Crippen molar-refractivity contribution in [3.8, 4) is 11.1 Å². The topological polar surface area (TPSA) is 173 Å². The highest BCUT2D eigenvalue weighted by Gasteiger charge is 2.36. The highest BCUT2D eigenvalue weighted by molar-refractivity contribution is 7.53. The molecule has 0 spiro atoms. The van der Waals surface area contributed by atoms with Crippen LogP contribution in [-0.4, -0.2) is 48.3 Å². The van der Waals surface area contributed by atoms with E-state index in [1.165, 1.54) is 20.8 Å². The Bertz CT molecular complexity index is 1080. The van der Waals surface area contributed by atoms with Crippen molar-refractivity contribution in [2.45, 2.75) is 39.5 Å². The number of carbonyl (C=O) groups excluding carboxylic acids is 3. The third-order valence-corrected chi connectivity index (χ3v) is 6.77. The summed E-state index contributed by atoms with van der Waals surface area (Å²) in [4.78, 5) is 44.9. The molecule has 202 valence electrons. The monoisotopic (exact) mass is 538 g/mol. The van der Waals surface area contributed by atoms with Gasteiger partial charge in [0, 0.05) is 0 Å². The van der Waals surface area contributed by atoms with Crippen LogP contribution in [0.1, 0.15) is 26.3 Å². The van der Waals surface area contributed by atoms with Crippen molar-refractivity contribution in [1.82, 2.24) is 5.32 Å². The molecule has 0 saturated carbocycles. The Morgan fingerprint density at radius 2 is 1.62 bits per heavy atom. The molecular formula is C24H31N2O10P. The second kappa shape index (κ2) is 14.5. The Labute approximate surface area is 214 Å². The molecule has 0 saturated heterocycles. The minimum atomic E-state index is -4.19. The van der Waals surface area contributed by atoms with Crippen molar-refractivity contribution < 1.29 is 47.9 Å². The standard InChI is InChI=1S/C24H31N2O10P/c1-4-32-24(29)34-33-23(28)16(2)26-22(27)21(15-37(31,36-30)35-17(3)25)14-18-10-12-20(13-11-18)19-8-6-5-7-9-19/h5-13,16-17,21,30H,4,14-15,25H2,1-3H3,(H,26,27). The van der Waals surface area contributed by atoms with Crippen LogP contribution in [0.15, 0.2) is 54.6 Å². The van der Waals surface area contributed by atoms with Crippen LogP contribution in [-0.2, 0) is 44.3 Å². The van der Waals surface area contributed by atoms with Crippen LogP contribution < -0.4 is 11.1 Å². The Morgan fingerprint density at radius 1 is 1.00 bits per heavy atom. The average Bonchev–Trinajstić information content (AvgIpc) is 2.87. The van der Waals surface area contributed by atoms with Gasteiger partial charge >= 0.3 is 19.7 Å². The van der Waals surface area contributed by atoms with E-state index in [-0.39, 0.29) is 13.0 Å². The summed E-state index contributed by atoms with van der Waals surface area (Å²) in [6.45, 7) is 4.21. The van der Waals surface area contributed by atoms with E-state index in [9.17, 15) is 24.2 Å². The summed E-state index contributed by atoms with van der Waals surface area (Å²) >= 11 is 0. The fraction of sp³-hybridized carbons (Fsp3) is 0.375.